The average Bonchev–Trinajstić information content (AvgIpc) is 2.35. The predicted molar refractivity (Wildman–Crippen MR) is 73.0 cm³/mol. The number of phenols is 1. The number of methoxy groups -OCH3 is 1. The summed E-state index contributed by atoms with van der Waals surface area (Å²) in [4.78, 5) is 13.9. The lowest BCUT2D eigenvalue weighted by molar-refractivity contribution is 0.0795. The molecule has 18 heavy (non-hydrogen) atoms. The molecule has 1 rings (SSSR count). The molecule has 0 heterocycles. The number of phenolic OH excluding ortho intramolecular Hbond substituents is 1. The van der Waals surface area contributed by atoms with E-state index in [1.54, 1.807) is 13.1 Å². The summed E-state index contributed by atoms with van der Waals surface area (Å²) in [7, 11) is 3.12. The van der Waals surface area contributed by atoms with Crippen LogP contribution < -0.4 is 10.5 Å². The fourth-order valence-corrected chi connectivity index (χ4v) is 1.49. The second-order valence-electron chi connectivity index (χ2n) is 3.83. The largest absolute Gasteiger partial charge is 0.507 e. The third kappa shape index (κ3) is 3.59. The highest BCUT2D eigenvalue weighted by Gasteiger charge is 2.16. The van der Waals surface area contributed by atoms with Gasteiger partial charge in [-0.3, -0.25) is 4.79 Å². The molecule has 0 spiro atoms. The normalized spacial score (nSPS) is 9.89. The number of thiocarbonyl (C=S) groups is 1. The Morgan fingerprint density at radius 1 is 1.56 bits per heavy atom. The van der Waals surface area contributed by atoms with Gasteiger partial charge < -0.3 is 20.5 Å². The third-order valence-electron chi connectivity index (χ3n) is 2.47. The van der Waals surface area contributed by atoms with Gasteiger partial charge in [0.2, 0.25) is 0 Å². The van der Waals surface area contributed by atoms with Crippen molar-refractivity contribution in [3.63, 3.8) is 0 Å². The lowest BCUT2D eigenvalue weighted by Gasteiger charge is -2.17. The lowest BCUT2D eigenvalue weighted by atomic mass is 10.1. The van der Waals surface area contributed by atoms with Crippen LogP contribution in [0.2, 0.25) is 0 Å². The van der Waals surface area contributed by atoms with Crippen LogP contribution in [-0.4, -0.2) is 41.6 Å². The number of nitrogens with zero attached hydrogens (tertiary/aromatic N) is 1. The highest BCUT2D eigenvalue weighted by Crippen LogP contribution is 2.23. The molecule has 0 atom stereocenters. The molecule has 0 bridgehead atoms. The Morgan fingerprint density at radius 3 is 2.78 bits per heavy atom. The van der Waals surface area contributed by atoms with Gasteiger partial charge in [0.05, 0.1) is 17.7 Å². The maximum absolute atomic E-state index is 12.1. The van der Waals surface area contributed by atoms with Crippen molar-refractivity contribution in [2.24, 2.45) is 5.73 Å². The summed E-state index contributed by atoms with van der Waals surface area (Å²) in [5.41, 5.74) is 5.57. The summed E-state index contributed by atoms with van der Waals surface area (Å²) in [6.07, 6.45) is 0.447. The van der Waals surface area contributed by atoms with Gasteiger partial charge in [0.1, 0.15) is 11.5 Å². The number of rotatable bonds is 5. The molecule has 1 aromatic carbocycles. The second-order valence-corrected chi connectivity index (χ2v) is 4.35. The Bertz CT molecular complexity index is 463. The fraction of sp³-hybridized carbons (Fsp3) is 0.333. The van der Waals surface area contributed by atoms with Gasteiger partial charge in [-0.1, -0.05) is 12.2 Å². The van der Waals surface area contributed by atoms with Crippen LogP contribution in [0.15, 0.2) is 18.2 Å². The predicted octanol–water partition coefficient (Wildman–Crippen LogP) is 1.15. The maximum atomic E-state index is 12.1. The Labute approximate surface area is 111 Å². The van der Waals surface area contributed by atoms with E-state index in [0.717, 1.165) is 0 Å². The first-order valence-electron chi connectivity index (χ1n) is 5.36. The zero-order chi connectivity index (χ0) is 13.7. The van der Waals surface area contributed by atoms with E-state index in [9.17, 15) is 9.90 Å². The molecule has 0 aliphatic rings. The van der Waals surface area contributed by atoms with Crippen LogP contribution >= 0.6 is 12.2 Å². The number of ether oxygens (including phenoxy) is 1. The van der Waals surface area contributed by atoms with Gasteiger partial charge in [0, 0.05) is 20.0 Å². The summed E-state index contributed by atoms with van der Waals surface area (Å²) < 4.78 is 5.02. The average molecular weight is 268 g/mol. The van der Waals surface area contributed by atoms with Crippen LogP contribution in [0.1, 0.15) is 16.8 Å². The fourth-order valence-electron chi connectivity index (χ4n) is 1.40. The summed E-state index contributed by atoms with van der Waals surface area (Å²) in [5.74, 6) is 0.129. The van der Waals surface area contributed by atoms with Gasteiger partial charge in [-0.25, -0.2) is 0 Å². The molecule has 1 aromatic rings. The van der Waals surface area contributed by atoms with Crippen LogP contribution in [0.3, 0.4) is 0 Å². The first kappa shape index (κ1) is 14.2. The Morgan fingerprint density at radius 2 is 2.22 bits per heavy atom. The van der Waals surface area contributed by atoms with Gasteiger partial charge in [-0.2, -0.15) is 0 Å². The second kappa shape index (κ2) is 6.20. The van der Waals surface area contributed by atoms with Gasteiger partial charge in [0.15, 0.2) is 0 Å². The number of benzene rings is 1. The molecule has 0 fully saturated rings. The number of carbonyl (C=O) groups is 1. The van der Waals surface area contributed by atoms with Crippen LogP contribution in [0.5, 0.6) is 11.5 Å². The molecule has 0 saturated carbocycles. The smallest absolute Gasteiger partial charge is 0.257 e. The molecule has 0 unspecified atom stereocenters. The molecule has 0 aliphatic heterocycles. The minimum Gasteiger partial charge on any atom is -0.507 e. The zero-order valence-corrected chi connectivity index (χ0v) is 11.2. The molecule has 0 aromatic heterocycles. The minimum atomic E-state index is -0.303. The van der Waals surface area contributed by atoms with E-state index in [0.29, 0.717) is 23.7 Å². The number of carbonyl (C=O) groups excluding carboxylic acids is 1. The molecule has 0 saturated heterocycles. The van der Waals surface area contributed by atoms with Crippen molar-refractivity contribution in [1.82, 2.24) is 4.90 Å². The SMILES string of the molecule is COc1ccc(O)c(C(=O)N(C)CCC(N)=S)c1. The number of aromatic hydroxyl groups is 1. The van der Waals surface area contributed by atoms with Crippen LogP contribution in [0, 0.1) is 0 Å². The van der Waals surface area contributed by atoms with Crippen molar-refractivity contribution in [3.05, 3.63) is 23.8 Å². The van der Waals surface area contributed by atoms with Gasteiger partial charge >= 0.3 is 0 Å². The van der Waals surface area contributed by atoms with E-state index in [2.05, 4.69) is 0 Å². The van der Waals surface area contributed by atoms with E-state index >= 15 is 0 Å². The lowest BCUT2D eigenvalue weighted by Crippen LogP contribution is -2.30. The molecule has 5 nitrogen and oxygen atoms in total. The van der Waals surface area contributed by atoms with E-state index in [-0.39, 0.29) is 17.2 Å². The standard InChI is InChI=1S/C12H16N2O3S/c1-14(6-5-11(13)18)12(16)9-7-8(17-2)3-4-10(9)15/h3-4,7,15H,5-6H2,1-2H3,(H2,13,18). The van der Waals surface area contributed by atoms with E-state index in [1.165, 1.54) is 24.1 Å². The van der Waals surface area contributed by atoms with Crippen molar-refractivity contribution in [1.29, 1.82) is 0 Å². The zero-order valence-electron chi connectivity index (χ0n) is 10.3. The summed E-state index contributed by atoms with van der Waals surface area (Å²) in [6.45, 7) is 0.408. The van der Waals surface area contributed by atoms with Crippen molar-refractivity contribution in [3.8, 4) is 11.5 Å². The van der Waals surface area contributed by atoms with Crippen molar-refractivity contribution in [2.45, 2.75) is 6.42 Å². The highest BCUT2D eigenvalue weighted by atomic mass is 32.1. The molecule has 0 radical (unpaired) electrons. The van der Waals surface area contributed by atoms with E-state index in [1.807, 2.05) is 0 Å². The molecule has 1 amide bonds. The van der Waals surface area contributed by atoms with Crippen LogP contribution in [0.4, 0.5) is 0 Å². The van der Waals surface area contributed by atoms with Gasteiger partial charge in [-0.15, -0.1) is 0 Å². The van der Waals surface area contributed by atoms with E-state index in [4.69, 9.17) is 22.7 Å². The van der Waals surface area contributed by atoms with Gasteiger partial charge in [0.25, 0.3) is 5.91 Å². The molecule has 3 N–H and O–H groups in total. The molecule has 6 heteroatoms. The molecular formula is C12H16N2O3S. The third-order valence-corrected chi connectivity index (χ3v) is 2.68. The number of amides is 1. The van der Waals surface area contributed by atoms with Crippen LogP contribution in [-0.2, 0) is 0 Å². The first-order chi connectivity index (χ1) is 8.45. The minimum absolute atomic E-state index is 0.0806. The van der Waals surface area contributed by atoms with Crippen LogP contribution in [0.25, 0.3) is 0 Å². The van der Waals surface area contributed by atoms with Gasteiger partial charge in [-0.05, 0) is 18.2 Å². The topological polar surface area (TPSA) is 75.8 Å². The number of hydrogen-bond donors (Lipinski definition) is 2. The number of hydrogen-bond acceptors (Lipinski definition) is 4. The maximum Gasteiger partial charge on any atom is 0.257 e. The van der Waals surface area contributed by atoms with Crippen molar-refractivity contribution in [2.75, 3.05) is 20.7 Å². The first-order valence-corrected chi connectivity index (χ1v) is 5.77. The summed E-state index contributed by atoms with van der Waals surface area (Å²) >= 11 is 4.75. The Hall–Kier alpha value is -1.82. The molecule has 98 valence electrons. The summed E-state index contributed by atoms with van der Waals surface area (Å²) in [6, 6.07) is 4.50. The Balaban J connectivity index is 2.85. The van der Waals surface area contributed by atoms with Crippen molar-refractivity contribution >= 4 is 23.1 Å². The summed E-state index contributed by atoms with van der Waals surface area (Å²) in [5, 5.41) is 9.67. The monoisotopic (exact) mass is 268 g/mol. The molecule has 0 aliphatic carbocycles. The quantitative estimate of drug-likeness (QED) is 0.783. The van der Waals surface area contributed by atoms with E-state index < -0.39 is 0 Å². The number of nitrogens with two attached hydrogens (primary N) is 1. The van der Waals surface area contributed by atoms with Crippen molar-refractivity contribution < 1.29 is 14.6 Å². The molecular weight excluding hydrogens is 252 g/mol. The highest BCUT2D eigenvalue weighted by molar-refractivity contribution is 7.80. The Kier molecular flexibility index (Phi) is 4.91.